The summed E-state index contributed by atoms with van der Waals surface area (Å²) in [6.07, 6.45) is 2.66. The van der Waals surface area contributed by atoms with Crippen molar-refractivity contribution in [1.82, 2.24) is 4.98 Å². The van der Waals surface area contributed by atoms with Gasteiger partial charge in [0.15, 0.2) is 0 Å². The summed E-state index contributed by atoms with van der Waals surface area (Å²) in [6.45, 7) is 1.57. The molecule has 2 aromatic rings. The number of ketones is 1. The average Bonchev–Trinajstić information content (AvgIpc) is 2.68. The summed E-state index contributed by atoms with van der Waals surface area (Å²) in [7, 11) is 1.73. The Kier molecular flexibility index (Phi) is 2.95. The third-order valence-corrected chi connectivity index (χ3v) is 5.82. The lowest BCUT2D eigenvalue weighted by molar-refractivity contribution is -0.133. The molecule has 0 unspecified atom stereocenters. The number of carbonyl (C=O) groups excluding carboxylic acids is 2. The van der Waals surface area contributed by atoms with Gasteiger partial charge in [0, 0.05) is 30.0 Å². The van der Waals surface area contributed by atoms with Crippen molar-refractivity contribution in [1.29, 1.82) is 0 Å². The number of pyridine rings is 1. The minimum absolute atomic E-state index is 0.000234. The molecule has 0 atom stereocenters. The molecule has 1 fully saturated rings. The summed E-state index contributed by atoms with van der Waals surface area (Å²) in [4.78, 5) is 30.4. The van der Waals surface area contributed by atoms with Crippen LogP contribution >= 0.6 is 15.9 Å². The van der Waals surface area contributed by atoms with Crippen molar-refractivity contribution in [2.45, 2.75) is 25.2 Å². The quantitative estimate of drug-likeness (QED) is 0.766. The molecule has 1 aromatic carbocycles. The molecular formula is C17H14BrFN2O2. The van der Waals surface area contributed by atoms with Gasteiger partial charge >= 0.3 is 0 Å². The molecule has 23 heavy (non-hydrogen) atoms. The number of benzene rings is 1. The van der Waals surface area contributed by atoms with Crippen LogP contribution in [0.3, 0.4) is 0 Å². The Bertz CT molecular complexity index is 890. The Morgan fingerprint density at radius 3 is 2.78 bits per heavy atom. The van der Waals surface area contributed by atoms with Gasteiger partial charge in [0.25, 0.3) is 0 Å². The SMILES string of the molecule is CC(=O)C1CC2(C1)C(=O)N(C)c1cnc3cc(F)c(Br)cc3c12. The van der Waals surface area contributed by atoms with Gasteiger partial charge in [-0.2, -0.15) is 0 Å². The average molecular weight is 377 g/mol. The van der Waals surface area contributed by atoms with E-state index < -0.39 is 5.41 Å². The zero-order valence-electron chi connectivity index (χ0n) is 12.7. The highest BCUT2D eigenvalue weighted by molar-refractivity contribution is 9.10. The summed E-state index contributed by atoms with van der Waals surface area (Å²) >= 11 is 3.21. The monoisotopic (exact) mass is 376 g/mol. The highest BCUT2D eigenvalue weighted by atomic mass is 79.9. The summed E-state index contributed by atoms with van der Waals surface area (Å²) in [5, 5.41) is 0.774. The topological polar surface area (TPSA) is 50.3 Å². The number of amides is 1. The first-order chi connectivity index (χ1) is 10.8. The summed E-state index contributed by atoms with van der Waals surface area (Å²) in [6, 6.07) is 3.06. The number of rotatable bonds is 1. The van der Waals surface area contributed by atoms with E-state index >= 15 is 0 Å². The maximum absolute atomic E-state index is 13.8. The van der Waals surface area contributed by atoms with Gasteiger partial charge in [-0.1, -0.05) is 0 Å². The summed E-state index contributed by atoms with van der Waals surface area (Å²) in [5.74, 6) is -0.345. The Hall–Kier alpha value is -1.82. The van der Waals surface area contributed by atoms with Crippen LogP contribution < -0.4 is 4.90 Å². The van der Waals surface area contributed by atoms with Gasteiger partial charge in [-0.05, 0) is 41.8 Å². The zero-order valence-corrected chi connectivity index (χ0v) is 14.3. The van der Waals surface area contributed by atoms with Gasteiger partial charge in [-0.3, -0.25) is 14.6 Å². The smallest absolute Gasteiger partial charge is 0.237 e. The number of likely N-dealkylation sites (N-methyl/N-ethyl adjacent to an activating group) is 1. The van der Waals surface area contributed by atoms with Gasteiger partial charge in [-0.25, -0.2) is 4.39 Å². The van der Waals surface area contributed by atoms with Crippen LogP contribution in [0.25, 0.3) is 10.9 Å². The van der Waals surface area contributed by atoms with E-state index in [1.807, 2.05) is 0 Å². The Morgan fingerprint density at radius 1 is 1.43 bits per heavy atom. The Balaban J connectivity index is 1.98. The highest BCUT2D eigenvalue weighted by Crippen LogP contribution is 2.57. The fourth-order valence-corrected chi connectivity index (χ4v) is 4.26. The normalized spacial score (nSPS) is 25.8. The fraction of sp³-hybridized carbons (Fsp3) is 0.353. The van der Waals surface area contributed by atoms with Crippen LogP contribution in [0.5, 0.6) is 0 Å². The second-order valence-corrected chi connectivity index (χ2v) is 7.32. The molecule has 1 aliphatic carbocycles. The molecule has 2 heterocycles. The predicted molar refractivity (Wildman–Crippen MR) is 87.9 cm³/mol. The molecule has 1 saturated carbocycles. The van der Waals surface area contributed by atoms with Crippen molar-refractivity contribution < 1.29 is 14.0 Å². The molecule has 118 valence electrons. The molecule has 1 amide bonds. The highest BCUT2D eigenvalue weighted by Gasteiger charge is 2.59. The molecule has 1 aliphatic heterocycles. The number of carbonyl (C=O) groups is 2. The van der Waals surface area contributed by atoms with Gasteiger partial charge in [0.05, 0.1) is 27.3 Å². The molecular weight excluding hydrogens is 363 g/mol. The number of nitrogens with zero attached hydrogens (tertiary/aromatic N) is 2. The Morgan fingerprint density at radius 2 is 2.13 bits per heavy atom. The third kappa shape index (κ3) is 1.78. The van der Waals surface area contributed by atoms with Crippen LogP contribution in [0.1, 0.15) is 25.3 Å². The number of halogens is 2. The number of hydrogen-bond acceptors (Lipinski definition) is 3. The largest absolute Gasteiger partial charge is 0.313 e. The van der Waals surface area contributed by atoms with Gasteiger partial charge in [0.2, 0.25) is 5.91 Å². The zero-order chi connectivity index (χ0) is 16.5. The van der Waals surface area contributed by atoms with E-state index in [1.165, 1.54) is 6.07 Å². The van der Waals surface area contributed by atoms with Gasteiger partial charge < -0.3 is 4.90 Å². The maximum atomic E-state index is 13.8. The second-order valence-electron chi connectivity index (χ2n) is 6.46. The third-order valence-electron chi connectivity index (χ3n) is 5.21. The van der Waals surface area contributed by atoms with E-state index in [2.05, 4.69) is 20.9 Å². The van der Waals surface area contributed by atoms with E-state index in [1.54, 1.807) is 31.1 Å². The van der Waals surface area contributed by atoms with E-state index in [0.29, 0.717) is 22.8 Å². The van der Waals surface area contributed by atoms with Crippen molar-refractivity contribution >= 4 is 44.2 Å². The molecule has 4 nitrogen and oxygen atoms in total. The van der Waals surface area contributed by atoms with E-state index in [4.69, 9.17) is 0 Å². The standard InChI is InChI=1S/C17H14BrFN2O2/c1-8(22)9-5-17(6-9)15-10-3-11(18)12(19)4-13(10)20-7-14(15)21(2)16(17)23/h3-4,7,9H,5-6H2,1-2H3. The summed E-state index contributed by atoms with van der Waals surface area (Å²) < 4.78 is 14.1. The van der Waals surface area contributed by atoms with Crippen LogP contribution in [0.2, 0.25) is 0 Å². The van der Waals surface area contributed by atoms with Crippen molar-refractivity contribution in [2.75, 3.05) is 11.9 Å². The lowest BCUT2D eigenvalue weighted by Gasteiger charge is -2.43. The Labute approximate surface area is 140 Å². The van der Waals surface area contributed by atoms with E-state index in [0.717, 1.165) is 16.6 Å². The van der Waals surface area contributed by atoms with Crippen LogP contribution in [0.4, 0.5) is 10.1 Å². The first-order valence-corrected chi connectivity index (χ1v) is 8.21. The van der Waals surface area contributed by atoms with Crippen LogP contribution in [0, 0.1) is 11.7 Å². The fourth-order valence-electron chi connectivity index (χ4n) is 3.92. The molecule has 4 rings (SSSR count). The molecule has 6 heteroatoms. The lowest BCUT2D eigenvalue weighted by atomic mass is 9.57. The maximum Gasteiger partial charge on any atom is 0.237 e. The lowest BCUT2D eigenvalue weighted by Crippen LogP contribution is -2.50. The van der Waals surface area contributed by atoms with Crippen molar-refractivity contribution in [3.8, 4) is 0 Å². The van der Waals surface area contributed by atoms with Crippen molar-refractivity contribution in [3.63, 3.8) is 0 Å². The minimum Gasteiger partial charge on any atom is -0.313 e. The molecule has 0 N–H and O–H groups in total. The van der Waals surface area contributed by atoms with Crippen molar-refractivity contribution in [2.24, 2.45) is 5.92 Å². The van der Waals surface area contributed by atoms with Crippen LogP contribution in [-0.4, -0.2) is 23.7 Å². The number of anilines is 1. The molecule has 1 spiro atoms. The number of aromatic nitrogens is 1. The number of hydrogen-bond donors (Lipinski definition) is 0. The molecule has 2 aliphatic rings. The van der Waals surface area contributed by atoms with E-state index in [-0.39, 0.29) is 23.4 Å². The number of fused-ring (bicyclic) bond motifs is 4. The molecule has 0 radical (unpaired) electrons. The first kappa shape index (κ1) is 14.8. The van der Waals surface area contributed by atoms with E-state index in [9.17, 15) is 14.0 Å². The number of Topliss-reactive ketones (excluding diaryl/α,β-unsaturated/α-hetero) is 1. The predicted octanol–water partition coefficient (Wildman–Crippen LogP) is 3.35. The van der Waals surface area contributed by atoms with Gasteiger partial charge in [0.1, 0.15) is 11.6 Å². The minimum atomic E-state index is -0.668. The van der Waals surface area contributed by atoms with Crippen molar-refractivity contribution in [3.05, 3.63) is 34.2 Å². The van der Waals surface area contributed by atoms with Crippen LogP contribution in [0.15, 0.2) is 22.8 Å². The molecule has 1 aromatic heterocycles. The van der Waals surface area contributed by atoms with Gasteiger partial charge in [-0.15, -0.1) is 0 Å². The van der Waals surface area contributed by atoms with Crippen LogP contribution in [-0.2, 0) is 15.0 Å². The second kappa shape index (κ2) is 4.60. The molecule has 0 bridgehead atoms. The first-order valence-electron chi connectivity index (χ1n) is 7.42. The molecule has 0 saturated heterocycles. The summed E-state index contributed by atoms with van der Waals surface area (Å²) in [5.41, 5.74) is 1.49.